The maximum atomic E-state index is 14.2. The summed E-state index contributed by atoms with van der Waals surface area (Å²) in [5.41, 5.74) is 5.62. The molecule has 2 bridgehead atoms. The number of halogens is 2. The van der Waals surface area contributed by atoms with Crippen molar-refractivity contribution in [2.24, 2.45) is 34.6 Å². The Bertz CT molecular complexity index is 1170. The molecule has 0 radical (unpaired) electrons. The maximum Gasteiger partial charge on any atom is 0.240 e. The molecule has 1 amide bonds. The number of nitroso groups, excluding NO2 is 1. The molecular weight excluding hydrogens is 463 g/mol. The van der Waals surface area contributed by atoms with Crippen LogP contribution in [0.5, 0.6) is 0 Å². The number of carbonyl (C=O) groups is 1. The molecule has 2 aromatic rings. The molecule has 4 rings (SSSR count). The molecular formula is C19H20ClFN6O4S. The van der Waals surface area contributed by atoms with E-state index in [0.29, 0.717) is 12.8 Å². The monoisotopic (exact) mass is 482 g/mol. The first-order chi connectivity index (χ1) is 15.2. The standard InChI is InChI=1S/C19H20ClFN6O4S/c20-19-23-8-14(21)18(26-19)25-16-13-5-9(15(16)17(22)28)4-10(13)7-24-32(30,31)12-3-1-2-11(6-12)27-29/h1-3,6,8-10,13,15-16,24H,4-5,7H2,(H2,22,28)(H,23,25,26)/t9-,10+,13-,15+,16-/m1/s1. The van der Waals surface area contributed by atoms with Crippen LogP contribution >= 0.6 is 11.6 Å². The molecule has 2 saturated carbocycles. The van der Waals surface area contributed by atoms with Crippen LogP contribution in [-0.2, 0) is 14.8 Å². The number of aromatic nitrogens is 2. The van der Waals surface area contributed by atoms with E-state index < -0.39 is 33.7 Å². The predicted octanol–water partition coefficient (Wildman–Crippen LogP) is 2.18. The summed E-state index contributed by atoms with van der Waals surface area (Å²) in [6.07, 6.45) is 2.17. The number of hydrogen-bond donors (Lipinski definition) is 3. The van der Waals surface area contributed by atoms with Crippen LogP contribution in [0.15, 0.2) is 40.5 Å². The average molecular weight is 483 g/mol. The lowest BCUT2D eigenvalue weighted by atomic mass is 9.78. The average Bonchev–Trinajstić information content (AvgIpc) is 3.33. The Morgan fingerprint density at radius 1 is 1.34 bits per heavy atom. The van der Waals surface area contributed by atoms with Gasteiger partial charge in [-0.15, -0.1) is 4.91 Å². The molecule has 0 saturated heterocycles. The van der Waals surface area contributed by atoms with E-state index in [1.807, 2.05) is 0 Å². The Hall–Kier alpha value is -2.70. The zero-order valence-corrected chi connectivity index (χ0v) is 18.2. The summed E-state index contributed by atoms with van der Waals surface area (Å²) in [6, 6.07) is 4.87. The highest BCUT2D eigenvalue weighted by Gasteiger charge is 2.55. The highest BCUT2D eigenvalue weighted by molar-refractivity contribution is 7.89. The molecule has 4 N–H and O–H groups in total. The summed E-state index contributed by atoms with van der Waals surface area (Å²) in [4.78, 5) is 30.2. The third kappa shape index (κ3) is 4.30. The molecule has 0 unspecified atom stereocenters. The van der Waals surface area contributed by atoms with Crippen molar-refractivity contribution >= 4 is 39.0 Å². The van der Waals surface area contributed by atoms with Gasteiger partial charge in [-0.05, 0) is 65.6 Å². The molecule has 0 spiro atoms. The molecule has 2 fully saturated rings. The molecule has 0 aliphatic heterocycles. The molecule has 5 atom stereocenters. The first kappa shape index (κ1) is 22.5. The number of sulfonamides is 1. The number of nitrogens with zero attached hydrogens (tertiary/aromatic N) is 3. The maximum absolute atomic E-state index is 14.2. The van der Waals surface area contributed by atoms with Crippen molar-refractivity contribution < 1.29 is 17.6 Å². The normalized spacial score (nSPS) is 26.8. The fourth-order valence-corrected chi connectivity index (χ4v) is 6.21. The summed E-state index contributed by atoms with van der Waals surface area (Å²) < 4.78 is 42.1. The van der Waals surface area contributed by atoms with Crippen LogP contribution in [0, 0.1) is 34.4 Å². The van der Waals surface area contributed by atoms with E-state index >= 15 is 0 Å². The van der Waals surface area contributed by atoms with Gasteiger partial charge < -0.3 is 11.1 Å². The summed E-state index contributed by atoms with van der Waals surface area (Å²) >= 11 is 5.77. The van der Waals surface area contributed by atoms with Crippen molar-refractivity contribution in [3.63, 3.8) is 0 Å². The smallest absolute Gasteiger partial charge is 0.240 e. The first-order valence-electron chi connectivity index (χ1n) is 9.86. The Morgan fingerprint density at radius 2 is 2.12 bits per heavy atom. The van der Waals surface area contributed by atoms with Crippen LogP contribution in [0.1, 0.15) is 12.8 Å². The van der Waals surface area contributed by atoms with Gasteiger partial charge in [0.2, 0.25) is 21.2 Å². The van der Waals surface area contributed by atoms with E-state index in [0.717, 1.165) is 6.20 Å². The van der Waals surface area contributed by atoms with Gasteiger partial charge in [-0.1, -0.05) is 6.07 Å². The van der Waals surface area contributed by atoms with Crippen LogP contribution in [-0.4, -0.2) is 36.9 Å². The quantitative estimate of drug-likeness (QED) is 0.384. The van der Waals surface area contributed by atoms with Crippen molar-refractivity contribution in [3.8, 4) is 0 Å². The molecule has 13 heteroatoms. The van der Waals surface area contributed by atoms with Crippen molar-refractivity contribution in [1.29, 1.82) is 0 Å². The second-order valence-corrected chi connectivity index (χ2v) is 10.1. The minimum absolute atomic E-state index is 0.00639. The Balaban J connectivity index is 1.51. The van der Waals surface area contributed by atoms with Crippen LogP contribution in [0.2, 0.25) is 5.28 Å². The highest BCUT2D eigenvalue weighted by Crippen LogP contribution is 2.52. The number of rotatable bonds is 8. The molecule has 2 aliphatic rings. The minimum Gasteiger partial charge on any atom is -0.369 e. The lowest BCUT2D eigenvalue weighted by Gasteiger charge is -2.35. The number of anilines is 1. The summed E-state index contributed by atoms with van der Waals surface area (Å²) in [5.74, 6) is -2.23. The zero-order valence-electron chi connectivity index (χ0n) is 16.6. The Morgan fingerprint density at radius 3 is 2.84 bits per heavy atom. The number of benzene rings is 1. The van der Waals surface area contributed by atoms with Gasteiger partial charge in [-0.3, -0.25) is 4.79 Å². The van der Waals surface area contributed by atoms with E-state index in [2.05, 4.69) is 25.2 Å². The molecule has 1 aromatic carbocycles. The first-order valence-corrected chi connectivity index (χ1v) is 11.7. The number of hydrogen-bond acceptors (Lipinski definition) is 8. The lowest BCUT2D eigenvalue weighted by Crippen LogP contribution is -2.47. The fraction of sp³-hybridized carbons (Fsp3) is 0.421. The number of carbonyl (C=O) groups excluding carboxylic acids is 1. The van der Waals surface area contributed by atoms with E-state index in [1.54, 1.807) is 0 Å². The summed E-state index contributed by atoms with van der Waals surface area (Å²) in [5, 5.41) is 5.56. The van der Waals surface area contributed by atoms with Gasteiger partial charge in [-0.25, -0.2) is 22.5 Å². The summed E-state index contributed by atoms with van der Waals surface area (Å²) in [7, 11) is -3.87. The van der Waals surface area contributed by atoms with Gasteiger partial charge in [0, 0.05) is 12.6 Å². The van der Waals surface area contributed by atoms with Crippen molar-refractivity contribution in [2.75, 3.05) is 11.9 Å². The van der Waals surface area contributed by atoms with Crippen LogP contribution < -0.4 is 15.8 Å². The lowest BCUT2D eigenvalue weighted by molar-refractivity contribution is -0.123. The molecule has 1 aromatic heterocycles. The largest absolute Gasteiger partial charge is 0.369 e. The third-order valence-electron chi connectivity index (χ3n) is 6.26. The number of nitrogens with one attached hydrogen (secondary N) is 2. The fourth-order valence-electron chi connectivity index (χ4n) is 4.95. The SMILES string of the molecule is NC(=O)[C@H]1[C@@H]2C[C@@H](CNS(=O)(=O)c3cccc(N=O)c3)[C@@H](C2)[C@H]1Nc1nc(Cl)ncc1F. The summed E-state index contributed by atoms with van der Waals surface area (Å²) in [6.45, 7) is 0.110. The number of amides is 1. The molecule has 32 heavy (non-hydrogen) atoms. The number of primary amides is 1. The van der Waals surface area contributed by atoms with E-state index in [1.165, 1.54) is 24.3 Å². The van der Waals surface area contributed by atoms with Crippen LogP contribution in [0.25, 0.3) is 0 Å². The molecule has 1 heterocycles. The van der Waals surface area contributed by atoms with E-state index in [9.17, 15) is 22.5 Å². The Labute approximate surface area is 188 Å². The van der Waals surface area contributed by atoms with Crippen molar-refractivity contribution in [2.45, 2.75) is 23.8 Å². The highest BCUT2D eigenvalue weighted by atomic mass is 35.5. The number of nitrogens with two attached hydrogens (primary N) is 1. The second kappa shape index (κ2) is 8.68. The van der Waals surface area contributed by atoms with Gasteiger partial charge in [0.15, 0.2) is 11.6 Å². The third-order valence-corrected chi connectivity index (χ3v) is 7.86. The molecule has 2 aliphatic carbocycles. The van der Waals surface area contributed by atoms with Crippen LogP contribution in [0.3, 0.4) is 0 Å². The topological polar surface area (TPSA) is 156 Å². The van der Waals surface area contributed by atoms with Gasteiger partial charge in [0.05, 0.1) is 17.0 Å². The Kier molecular flexibility index (Phi) is 6.10. The van der Waals surface area contributed by atoms with Gasteiger partial charge >= 0.3 is 0 Å². The van der Waals surface area contributed by atoms with Crippen molar-refractivity contribution in [3.05, 3.63) is 46.5 Å². The van der Waals surface area contributed by atoms with Gasteiger partial charge in [-0.2, -0.15) is 4.98 Å². The zero-order chi connectivity index (χ0) is 23.0. The predicted molar refractivity (Wildman–Crippen MR) is 114 cm³/mol. The van der Waals surface area contributed by atoms with Crippen molar-refractivity contribution in [1.82, 2.24) is 14.7 Å². The van der Waals surface area contributed by atoms with E-state index in [-0.39, 0.29) is 46.0 Å². The second-order valence-electron chi connectivity index (χ2n) is 8.03. The molecule has 170 valence electrons. The van der Waals surface area contributed by atoms with Crippen LogP contribution in [0.4, 0.5) is 15.9 Å². The van der Waals surface area contributed by atoms with Gasteiger partial charge in [0.1, 0.15) is 5.69 Å². The number of fused-ring (bicyclic) bond motifs is 2. The van der Waals surface area contributed by atoms with Gasteiger partial charge in [0.25, 0.3) is 0 Å². The van der Waals surface area contributed by atoms with E-state index in [4.69, 9.17) is 17.3 Å². The molecule has 10 nitrogen and oxygen atoms in total. The minimum atomic E-state index is -3.87.